The first-order chi connectivity index (χ1) is 27.0. The Morgan fingerprint density at radius 2 is 1.82 bits per heavy atom. The summed E-state index contributed by atoms with van der Waals surface area (Å²) in [4.78, 5) is 72.1. The smallest absolute Gasteiger partial charge is 0.408 e. The summed E-state index contributed by atoms with van der Waals surface area (Å²) in [6.45, 7) is 5.46. The number of allylic oxidation sites excluding steroid dienone is 1. The zero-order valence-electron chi connectivity index (χ0n) is 32.1. The van der Waals surface area contributed by atoms with Gasteiger partial charge in [-0.2, -0.15) is 4.31 Å². The number of amides is 3. The van der Waals surface area contributed by atoms with Crippen molar-refractivity contribution >= 4 is 50.4 Å². The van der Waals surface area contributed by atoms with Gasteiger partial charge in [0, 0.05) is 43.1 Å². The Morgan fingerprint density at radius 1 is 1.09 bits per heavy atom. The van der Waals surface area contributed by atoms with Crippen LogP contribution in [0.25, 0.3) is 10.8 Å². The highest BCUT2D eigenvalue weighted by Gasteiger charge is 2.62. The molecular formula is C39H46N6O11S. The second-order valence-corrected chi connectivity index (χ2v) is 17.1. The minimum absolute atomic E-state index is 0.0563. The first-order valence-electron chi connectivity index (χ1n) is 18.7. The van der Waals surface area contributed by atoms with Gasteiger partial charge in [0.05, 0.1) is 18.1 Å². The van der Waals surface area contributed by atoms with Crippen LogP contribution in [-0.2, 0) is 33.9 Å². The third-order valence-electron chi connectivity index (χ3n) is 9.97. The number of pyridine rings is 1. The molecule has 2 fully saturated rings. The fourth-order valence-corrected chi connectivity index (χ4v) is 8.84. The van der Waals surface area contributed by atoms with E-state index >= 15 is 0 Å². The first kappa shape index (κ1) is 41.0. The van der Waals surface area contributed by atoms with Gasteiger partial charge >= 0.3 is 12.1 Å². The van der Waals surface area contributed by atoms with Gasteiger partial charge in [-0.3, -0.25) is 19.7 Å². The van der Waals surface area contributed by atoms with Gasteiger partial charge in [0.1, 0.15) is 29.3 Å². The molecule has 5 atom stereocenters. The molecule has 18 heteroatoms. The standard InChI is InChI=1S/C39H46N6O11S/c1-5-54-36(48)39-22-26(39)14-7-6-12-20-43(57(52,53)32-17-11-10-16-30(32)45(50)51)24-29(41-37(49)56-38(2,3)4)35(47)44-23-27(21-31(44)33(46)42-39)55-34-28-15-9-8-13-25(28)18-19-40-34/h7-11,13-19,26-27,29,31H,5-6,12,20-24H2,1-4H3,(H,41,49)(H,42,46)/b14-7-/t26-,27-,29+,31+,39-/m1/s1. The number of sulfonamides is 1. The van der Waals surface area contributed by atoms with E-state index in [1.54, 1.807) is 46.0 Å². The van der Waals surface area contributed by atoms with Gasteiger partial charge in [-0.15, -0.1) is 0 Å². The number of benzene rings is 2. The Balaban J connectivity index is 1.42. The number of alkyl carbamates (subject to hydrolysis) is 1. The number of carbonyl (C=O) groups excluding carboxylic acids is 4. The number of ether oxygens (including phenoxy) is 3. The monoisotopic (exact) mass is 806 g/mol. The Kier molecular flexibility index (Phi) is 11.9. The third kappa shape index (κ3) is 9.01. The number of esters is 1. The third-order valence-corrected chi connectivity index (χ3v) is 11.9. The molecule has 3 heterocycles. The Hall–Kier alpha value is -5.62. The molecule has 57 heavy (non-hydrogen) atoms. The van der Waals surface area contributed by atoms with E-state index in [0.29, 0.717) is 11.8 Å². The molecule has 0 spiro atoms. The van der Waals surface area contributed by atoms with Gasteiger partial charge in [0.15, 0.2) is 4.90 Å². The average Bonchev–Trinajstić information content (AvgIpc) is 3.69. The minimum atomic E-state index is -4.68. The number of nitrogens with one attached hydrogen (secondary N) is 2. The maximum atomic E-state index is 14.9. The summed E-state index contributed by atoms with van der Waals surface area (Å²) in [5.74, 6) is -2.36. The zero-order chi connectivity index (χ0) is 41.1. The van der Waals surface area contributed by atoms with Crippen molar-refractivity contribution in [2.45, 2.75) is 87.6 Å². The van der Waals surface area contributed by atoms with Gasteiger partial charge < -0.3 is 29.7 Å². The maximum Gasteiger partial charge on any atom is 0.408 e. The molecular weight excluding hydrogens is 761 g/mol. The number of para-hydroxylation sites is 1. The van der Waals surface area contributed by atoms with E-state index in [1.165, 1.54) is 17.0 Å². The topological polar surface area (TPSA) is 217 Å². The molecule has 0 bridgehead atoms. The van der Waals surface area contributed by atoms with E-state index in [0.717, 1.165) is 21.8 Å². The Morgan fingerprint density at radius 3 is 2.56 bits per heavy atom. The van der Waals surface area contributed by atoms with E-state index in [-0.39, 0.29) is 44.8 Å². The van der Waals surface area contributed by atoms with Crippen molar-refractivity contribution in [3.05, 3.63) is 83.1 Å². The number of carbonyl (C=O) groups is 4. The van der Waals surface area contributed by atoms with Crippen LogP contribution in [0.5, 0.6) is 5.88 Å². The first-order valence-corrected chi connectivity index (χ1v) is 20.2. The van der Waals surface area contributed by atoms with Crippen molar-refractivity contribution < 1.29 is 46.7 Å². The molecule has 6 rings (SSSR count). The van der Waals surface area contributed by atoms with Crippen molar-refractivity contribution in [1.29, 1.82) is 0 Å². The lowest BCUT2D eigenvalue weighted by Gasteiger charge is -2.32. The van der Waals surface area contributed by atoms with Crippen LogP contribution >= 0.6 is 0 Å². The summed E-state index contributed by atoms with van der Waals surface area (Å²) in [6.07, 6.45) is 3.91. The summed E-state index contributed by atoms with van der Waals surface area (Å²) in [5.41, 5.74) is -3.08. The number of hydrogen-bond acceptors (Lipinski definition) is 12. The lowest BCUT2D eigenvalue weighted by atomic mass is 10.1. The van der Waals surface area contributed by atoms with Gasteiger partial charge in [0.2, 0.25) is 27.7 Å². The van der Waals surface area contributed by atoms with Crippen molar-refractivity contribution in [3.63, 3.8) is 0 Å². The highest BCUT2D eigenvalue weighted by molar-refractivity contribution is 7.89. The Bertz CT molecular complexity index is 2190. The predicted octanol–water partition coefficient (Wildman–Crippen LogP) is 3.86. The largest absolute Gasteiger partial charge is 0.472 e. The van der Waals surface area contributed by atoms with E-state index in [2.05, 4.69) is 15.6 Å². The molecule has 2 N–H and O–H groups in total. The summed E-state index contributed by atoms with van der Waals surface area (Å²) in [5, 5.41) is 18.9. The zero-order valence-corrected chi connectivity index (χ0v) is 32.9. The van der Waals surface area contributed by atoms with Crippen molar-refractivity contribution in [2.75, 3.05) is 26.2 Å². The van der Waals surface area contributed by atoms with Gasteiger partial charge in [-0.1, -0.05) is 42.5 Å². The van der Waals surface area contributed by atoms with Gasteiger partial charge in [0.25, 0.3) is 5.69 Å². The molecule has 3 aromatic rings. The molecule has 2 aliphatic heterocycles. The van der Waals surface area contributed by atoms with Crippen LogP contribution in [0.4, 0.5) is 10.5 Å². The van der Waals surface area contributed by atoms with Crippen LogP contribution < -0.4 is 15.4 Å². The fraction of sp³-hybridized carbons (Fsp3) is 0.462. The van der Waals surface area contributed by atoms with Crippen LogP contribution in [0.3, 0.4) is 0 Å². The molecule has 17 nitrogen and oxygen atoms in total. The average molecular weight is 807 g/mol. The van der Waals surface area contributed by atoms with E-state index in [9.17, 15) is 37.7 Å². The molecule has 1 aromatic heterocycles. The van der Waals surface area contributed by atoms with Crippen molar-refractivity contribution in [2.24, 2.45) is 5.92 Å². The lowest BCUT2D eigenvalue weighted by Crippen LogP contribution is -2.59. The van der Waals surface area contributed by atoms with Crippen molar-refractivity contribution in [3.8, 4) is 5.88 Å². The number of rotatable bonds is 8. The molecule has 1 saturated carbocycles. The Labute approximate surface area is 329 Å². The van der Waals surface area contributed by atoms with E-state index < -0.39 is 91.2 Å². The molecule has 3 amide bonds. The SMILES string of the molecule is CCOC(=O)[C@@]12C[C@H]1/C=C\CCCN(S(=O)(=O)c1ccccc1[N+](=O)[O-])C[C@H](NC(=O)OC(C)(C)C)C(=O)N1C[C@H](Oc3nccc4ccccc34)C[C@H]1C(=O)N2. The minimum Gasteiger partial charge on any atom is -0.472 e. The van der Waals surface area contributed by atoms with Gasteiger partial charge in [-0.25, -0.2) is 23.0 Å². The van der Waals surface area contributed by atoms with Gasteiger partial charge in [-0.05, 0) is 70.5 Å². The van der Waals surface area contributed by atoms with Crippen LogP contribution in [0.2, 0.25) is 0 Å². The second-order valence-electron chi connectivity index (χ2n) is 15.2. The van der Waals surface area contributed by atoms with Crippen LogP contribution in [0, 0.1) is 16.0 Å². The predicted molar refractivity (Wildman–Crippen MR) is 205 cm³/mol. The number of hydrogen-bond donors (Lipinski definition) is 2. The highest BCUT2D eigenvalue weighted by atomic mass is 32.2. The normalized spacial score (nSPS) is 25.2. The molecule has 2 aromatic carbocycles. The number of fused-ring (bicyclic) bond motifs is 3. The summed E-state index contributed by atoms with van der Waals surface area (Å²) in [6, 6.07) is 11.1. The molecule has 1 saturated heterocycles. The number of nitrogens with zero attached hydrogens (tertiary/aromatic N) is 4. The second kappa shape index (κ2) is 16.5. The maximum absolute atomic E-state index is 14.9. The summed E-state index contributed by atoms with van der Waals surface area (Å²) >= 11 is 0. The van der Waals surface area contributed by atoms with Crippen molar-refractivity contribution in [1.82, 2.24) is 24.8 Å². The fourth-order valence-electron chi connectivity index (χ4n) is 7.19. The highest BCUT2D eigenvalue weighted by Crippen LogP contribution is 2.46. The molecule has 0 unspecified atom stereocenters. The summed E-state index contributed by atoms with van der Waals surface area (Å²) < 4.78 is 46.8. The summed E-state index contributed by atoms with van der Waals surface area (Å²) in [7, 11) is -4.68. The number of nitro groups is 1. The quantitative estimate of drug-likeness (QED) is 0.144. The molecule has 3 aliphatic rings. The lowest BCUT2D eigenvalue weighted by molar-refractivity contribution is -0.387. The molecule has 1 aliphatic carbocycles. The van der Waals surface area contributed by atoms with E-state index in [4.69, 9.17) is 14.2 Å². The molecule has 0 radical (unpaired) electrons. The van der Waals surface area contributed by atoms with Crippen LogP contribution in [0.1, 0.15) is 53.4 Å². The number of nitro benzene ring substituents is 1. The van der Waals surface area contributed by atoms with Crippen LogP contribution in [0.15, 0.2) is 77.8 Å². The molecule has 304 valence electrons. The van der Waals surface area contributed by atoms with Crippen LogP contribution in [-0.4, -0.2) is 107 Å². The number of aromatic nitrogens is 1. The van der Waals surface area contributed by atoms with E-state index in [1.807, 2.05) is 30.3 Å².